The first-order chi connectivity index (χ1) is 14.0. The minimum Gasteiger partial charge on any atom is -0.331 e. The molecule has 0 aromatic carbocycles. The third kappa shape index (κ3) is 4.42. The molecule has 3 aromatic rings. The zero-order valence-electron chi connectivity index (χ0n) is 17.4. The highest BCUT2D eigenvalue weighted by Crippen LogP contribution is 2.26. The second kappa shape index (κ2) is 8.48. The molecule has 2 N–H and O–H groups in total. The molecular weight excluding hydrogens is 384 g/mol. The van der Waals surface area contributed by atoms with Crippen LogP contribution < -0.4 is 10.6 Å². The van der Waals surface area contributed by atoms with Crippen LogP contribution in [-0.2, 0) is 7.05 Å². The van der Waals surface area contributed by atoms with Crippen LogP contribution in [0.3, 0.4) is 0 Å². The summed E-state index contributed by atoms with van der Waals surface area (Å²) in [7, 11) is 1.93. The molecule has 1 fully saturated rings. The van der Waals surface area contributed by atoms with Crippen LogP contribution in [0.5, 0.6) is 0 Å². The second-order valence-electron chi connectivity index (χ2n) is 7.49. The fourth-order valence-electron chi connectivity index (χ4n) is 3.63. The van der Waals surface area contributed by atoms with Crippen LogP contribution in [-0.4, -0.2) is 61.1 Å². The number of hydrogen-bond donors (Lipinski definition) is 2. The predicted molar refractivity (Wildman–Crippen MR) is 118 cm³/mol. The van der Waals surface area contributed by atoms with E-state index in [1.165, 1.54) is 11.5 Å². The Hall–Kier alpha value is -2.49. The zero-order valence-corrected chi connectivity index (χ0v) is 18.2. The van der Waals surface area contributed by atoms with Gasteiger partial charge < -0.3 is 10.6 Å². The first-order valence-electron chi connectivity index (χ1n) is 9.92. The lowest BCUT2D eigenvalue weighted by molar-refractivity contribution is 0.212. The predicted octanol–water partition coefficient (Wildman–Crippen LogP) is 2.56. The van der Waals surface area contributed by atoms with Crippen LogP contribution in [0.2, 0.25) is 0 Å². The number of rotatable bonds is 6. The van der Waals surface area contributed by atoms with E-state index in [2.05, 4.69) is 51.0 Å². The van der Waals surface area contributed by atoms with E-state index < -0.39 is 0 Å². The fraction of sp³-hybridized carbons (Fsp3) is 0.450. The Morgan fingerprint density at radius 2 is 2.03 bits per heavy atom. The molecule has 0 aliphatic carbocycles. The van der Waals surface area contributed by atoms with Crippen molar-refractivity contribution in [1.82, 2.24) is 34.2 Å². The van der Waals surface area contributed by atoms with Gasteiger partial charge in [-0.15, -0.1) is 0 Å². The number of aryl methyl sites for hydroxylation is 2. The van der Waals surface area contributed by atoms with E-state index in [1.807, 2.05) is 41.9 Å². The van der Waals surface area contributed by atoms with Crippen molar-refractivity contribution in [3.8, 4) is 11.1 Å². The van der Waals surface area contributed by atoms with Crippen molar-refractivity contribution >= 4 is 22.4 Å². The Balaban J connectivity index is 1.68. The molecule has 4 rings (SSSR count). The van der Waals surface area contributed by atoms with E-state index in [0.717, 1.165) is 59.5 Å². The summed E-state index contributed by atoms with van der Waals surface area (Å²) in [5, 5.41) is 17.0. The normalized spacial score (nSPS) is 16.9. The lowest BCUT2D eigenvalue weighted by atomic mass is 10.1. The number of nitrogens with zero attached hydrogens (tertiary/aromatic N) is 6. The molecule has 1 aliphatic heterocycles. The molecule has 1 saturated heterocycles. The highest BCUT2D eigenvalue weighted by Gasteiger charge is 2.19. The van der Waals surface area contributed by atoms with Gasteiger partial charge in [-0.05, 0) is 44.4 Å². The maximum atomic E-state index is 4.71. The summed E-state index contributed by atoms with van der Waals surface area (Å²) in [4.78, 5) is 2.48. The van der Waals surface area contributed by atoms with Crippen LogP contribution >= 0.6 is 11.5 Å². The SMILES string of the molecule is Cc1cc(N/C(=C/C(C)N2CCNCC2)n2ncc(-c3cnn(C)c3)c2C)sn1. The quantitative estimate of drug-likeness (QED) is 0.648. The maximum Gasteiger partial charge on any atom is 0.130 e. The van der Waals surface area contributed by atoms with E-state index in [4.69, 9.17) is 5.10 Å². The molecule has 8 nitrogen and oxygen atoms in total. The Morgan fingerprint density at radius 3 is 2.69 bits per heavy atom. The molecule has 0 amide bonds. The summed E-state index contributed by atoms with van der Waals surface area (Å²) in [6.07, 6.45) is 8.06. The fourth-order valence-corrected chi connectivity index (χ4v) is 4.30. The summed E-state index contributed by atoms with van der Waals surface area (Å²) in [5.41, 5.74) is 4.24. The zero-order chi connectivity index (χ0) is 20.4. The molecular formula is C20H28N8S. The van der Waals surface area contributed by atoms with Gasteiger partial charge in [-0.3, -0.25) is 9.58 Å². The highest BCUT2D eigenvalue weighted by atomic mass is 32.1. The summed E-state index contributed by atoms with van der Waals surface area (Å²) in [6, 6.07) is 2.36. The summed E-state index contributed by atoms with van der Waals surface area (Å²) < 4.78 is 8.20. The first kappa shape index (κ1) is 19.8. The van der Waals surface area contributed by atoms with Gasteiger partial charge >= 0.3 is 0 Å². The van der Waals surface area contributed by atoms with E-state index in [0.29, 0.717) is 6.04 Å². The van der Waals surface area contributed by atoms with Gasteiger partial charge in [0.15, 0.2) is 0 Å². The van der Waals surface area contributed by atoms with Crippen molar-refractivity contribution < 1.29 is 0 Å². The molecule has 3 aromatic heterocycles. The van der Waals surface area contributed by atoms with Crippen molar-refractivity contribution in [2.75, 3.05) is 31.5 Å². The van der Waals surface area contributed by atoms with Crippen LogP contribution in [0.1, 0.15) is 18.3 Å². The van der Waals surface area contributed by atoms with Gasteiger partial charge in [-0.2, -0.15) is 14.6 Å². The molecule has 0 radical (unpaired) electrons. The lowest BCUT2D eigenvalue weighted by Gasteiger charge is -2.31. The minimum absolute atomic E-state index is 0.291. The van der Waals surface area contributed by atoms with E-state index >= 15 is 0 Å². The van der Waals surface area contributed by atoms with Gasteiger partial charge in [0.05, 0.1) is 23.8 Å². The van der Waals surface area contributed by atoms with E-state index in [1.54, 1.807) is 0 Å². The molecule has 29 heavy (non-hydrogen) atoms. The van der Waals surface area contributed by atoms with Crippen molar-refractivity contribution in [2.24, 2.45) is 7.05 Å². The first-order valence-corrected chi connectivity index (χ1v) is 10.7. The van der Waals surface area contributed by atoms with Crippen molar-refractivity contribution in [1.29, 1.82) is 0 Å². The van der Waals surface area contributed by atoms with Crippen LogP contribution in [0.25, 0.3) is 16.9 Å². The second-order valence-corrected chi connectivity index (χ2v) is 8.30. The topological polar surface area (TPSA) is 75.8 Å². The monoisotopic (exact) mass is 412 g/mol. The summed E-state index contributed by atoms with van der Waals surface area (Å²) in [6.45, 7) is 10.5. The number of piperazine rings is 1. The van der Waals surface area contributed by atoms with Gasteiger partial charge in [-0.25, -0.2) is 4.68 Å². The molecule has 4 heterocycles. The van der Waals surface area contributed by atoms with Gasteiger partial charge in [0, 0.05) is 56.6 Å². The van der Waals surface area contributed by atoms with Gasteiger partial charge in [-0.1, -0.05) is 0 Å². The smallest absolute Gasteiger partial charge is 0.130 e. The number of hydrogen-bond acceptors (Lipinski definition) is 7. The minimum atomic E-state index is 0.291. The molecule has 154 valence electrons. The van der Waals surface area contributed by atoms with Crippen LogP contribution in [0, 0.1) is 13.8 Å². The number of aromatic nitrogens is 5. The van der Waals surface area contributed by atoms with Gasteiger partial charge in [0.2, 0.25) is 0 Å². The average molecular weight is 413 g/mol. The molecule has 0 bridgehead atoms. The Kier molecular flexibility index (Phi) is 5.79. The maximum absolute atomic E-state index is 4.71. The van der Waals surface area contributed by atoms with Gasteiger partial charge in [0.1, 0.15) is 10.8 Å². The molecule has 9 heteroatoms. The number of anilines is 1. The molecule has 1 unspecified atom stereocenters. The number of nitrogens with one attached hydrogen (secondary N) is 2. The van der Waals surface area contributed by atoms with Crippen LogP contribution in [0.4, 0.5) is 5.00 Å². The molecule has 0 spiro atoms. The Bertz CT molecular complexity index is 992. The largest absolute Gasteiger partial charge is 0.331 e. The van der Waals surface area contributed by atoms with Crippen LogP contribution in [0.15, 0.2) is 30.7 Å². The summed E-state index contributed by atoms with van der Waals surface area (Å²) >= 11 is 1.47. The Morgan fingerprint density at radius 1 is 1.24 bits per heavy atom. The lowest BCUT2D eigenvalue weighted by Crippen LogP contribution is -2.47. The van der Waals surface area contributed by atoms with Crippen molar-refractivity contribution in [2.45, 2.75) is 26.8 Å². The van der Waals surface area contributed by atoms with E-state index in [-0.39, 0.29) is 0 Å². The standard InChI is InChI=1S/C20H28N8S/c1-14-9-20(29-25-14)24-19(10-15(2)27-7-5-21-6-8-27)28-16(3)18(12-23-28)17-11-22-26(4)13-17/h9-13,15,21,24H,5-8H2,1-4H3/b19-10-. The van der Waals surface area contributed by atoms with Crippen molar-refractivity contribution in [3.05, 3.63) is 42.1 Å². The third-order valence-corrected chi connectivity index (χ3v) is 6.06. The van der Waals surface area contributed by atoms with E-state index in [9.17, 15) is 0 Å². The third-order valence-electron chi connectivity index (χ3n) is 5.26. The molecule has 1 aliphatic rings. The highest BCUT2D eigenvalue weighted by molar-refractivity contribution is 7.10. The van der Waals surface area contributed by atoms with Gasteiger partial charge in [0.25, 0.3) is 0 Å². The summed E-state index contributed by atoms with van der Waals surface area (Å²) in [5.74, 6) is 0.951. The van der Waals surface area contributed by atoms with Crippen molar-refractivity contribution in [3.63, 3.8) is 0 Å². The average Bonchev–Trinajstić information content (AvgIpc) is 3.42. The molecule has 0 saturated carbocycles. The Labute approximate surface area is 175 Å². The molecule has 1 atom stereocenters.